The molecule has 4 nitrogen and oxygen atoms in total. The number of amides is 1. The second kappa shape index (κ2) is 7.70. The molecule has 6 heteroatoms. The topological polar surface area (TPSA) is 63.2 Å². The zero-order valence-corrected chi connectivity index (χ0v) is 15.9. The number of benzene rings is 1. The van der Waals surface area contributed by atoms with Crippen LogP contribution in [0.1, 0.15) is 41.8 Å². The number of hydrogen-bond acceptors (Lipinski definition) is 4. The molecule has 1 fully saturated rings. The minimum absolute atomic E-state index is 0.0363. The first-order chi connectivity index (χ1) is 12.0. The number of sulfone groups is 1. The monoisotopic (exact) mass is 377 g/mol. The minimum atomic E-state index is -3.06. The van der Waals surface area contributed by atoms with Crippen LogP contribution in [0.25, 0.3) is 0 Å². The molecule has 1 aromatic carbocycles. The SMILES string of the molecule is CCCc1ccc(C(NC(=O)C2CCS(=O)(=O)C2)c2cccs2)cc1. The molecule has 25 heavy (non-hydrogen) atoms. The number of thiophene rings is 1. The van der Waals surface area contributed by atoms with Crippen LogP contribution in [0.4, 0.5) is 0 Å². The van der Waals surface area contributed by atoms with Crippen molar-refractivity contribution in [2.45, 2.75) is 32.2 Å². The fourth-order valence-corrected chi connectivity index (χ4v) is 5.75. The molecule has 1 saturated heterocycles. The van der Waals surface area contributed by atoms with Crippen LogP contribution in [0, 0.1) is 5.92 Å². The van der Waals surface area contributed by atoms with E-state index in [0.29, 0.717) is 6.42 Å². The van der Waals surface area contributed by atoms with E-state index in [1.807, 2.05) is 17.5 Å². The summed E-state index contributed by atoms with van der Waals surface area (Å²) in [7, 11) is -3.06. The van der Waals surface area contributed by atoms with Gasteiger partial charge in [0, 0.05) is 4.88 Å². The van der Waals surface area contributed by atoms with Crippen LogP contribution in [0.3, 0.4) is 0 Å². The first-order valence-electron chi connectivity index (χ1n) is 8.61. The number of carbonyl (C=O) groups excluding carboxylic acids is 1. The molecule has 1 N–H and O–H groups in total. The highest BCUT2D eigenvalue weighted by Crippen LogP contribution is 2.28. The first kappa shape index (κ1) is 18.1. The average Bonchev–Trinajstić information content (AvgIpc) is 3.23. The maximum Gasteiger partial charge on any atom is 0.224 e. The molecule has 0 aliphatic carbocycles. The van der Waals surface area contributed by atoms with Crippen molar-refractivity contribution in [3.8, 4) is 0 Å². The van der Waals surface area contributed by atoms with Crippen molar-refractivity contribution in [1.82, 2.24) is 5.32 Å². The summed E-state index contributed by atoms with van der Waals surface area (Å²) in [5, 5.41) is 5.06. The molecule has 2 atom stereocenters. The normalized spacial score (nSPS) is 20.3. The van der Waals surface area contributed by atoms with Crippen molar-refractivity contribution in [2.75, 3.05) is 11.5 Å². The Kier molecular flexibility index (Phi) is 5.59. The Hall–Kier alpha value is -1.66. The highest BCUT2D eigenvalue weighted by molar-refractivity contribution is 7.91. The molecule has 0 saturated carbocycles. The van der Waals surface area contributed by atoms with Gasteiger partial charge in [0.05, 0.1) is 23.5 Å². The largest absolute Gasteiger partial charge is 0.344 e. The Morgan fingerprint density at radius 1 is 1.28 bits per heavy atom. The van der Waals surface area contributed by atoms with Crippen molar-refractivity contribution in [1.29, 1.82) is 0 Å². The predicted octanol–water partition coefficient (Wildman–Crippen LogP) is 3.34. The molecular weight excluding hydrogens is 354 g/mol. The maximum absolute atomic E-state index is 12.6. The first-order valence-corrected chi connectivity index (χ1v) is 11.3. The number of nitrogens with one attached hydrogen (secondary N) is 1. The van der Waals surface area contributed by atoms with E-state index in [1.165, 1.54) is 5.56 Å². The highest BCUT2D eigenvalue weighted by atomic mass is 32.2. The number of rotatable bonds is 6. The minimum Gasteiger partial charge on any atom is -0.344 e. The summed E-state index contributed by atoms with van der Waals surface area (Å²) in [4.78, 5) is 13.7. The van der Waals surface area contributed by atoms with Gasteiger partial charge in [-0.1, -0.05) is 43.7 Å². The van der Waals surface area contributed by atoms with Gasteiger partial charge in [0.15, 0.2) is 9.84 Å². The Balaban J connectivity index is 1.80. The lowest BCUT2D eigenvalue weighted by Crippen LogP contribution is -2.34. The summed E-state index contributed by atoms with van der Waals surface area (Å²) >= 11 is 1.59. The predicted molar refractivity (Wildman–Crippen MR) is 102 cm³/mol. The summed E-state index contributed by atoms with van der Waals surface area (Å²) in [6, 6.07) is 12.1. The molecule has 2 heterocycles. The molecule has 0 radical (unpaired) electrons. The molecule has 3 rings (SSSR count). The number of aryl methyl sites for hydroxylation is 1. The van der Waals surface area contributed by atoms with E-state index in [1.54, 1.807) is 11.3 Å². The van der Waals surface area contributed by atoms with Gasteiger partial charge in [0.25, 0.3) is 0 Å². The molecule has 1 amide bonds. The van der Waals surface area contributed by atoms with E-state index in [9.17, 15) is 13.2 Å². The second-order valence-corrected chi connectivity index (χ2v) is 9.76. The van der Waals surface area contributed by atoms with Gasteiger partial charge in [-0.3, -0.25) is 4.79 Å². The number of hydrogen-bond donors (Lipinski definition) is 1. The van der Waals surface area contributed by atoms with Crippen LogP contribution >= 0.6 is 11.3 Å². The summed E-state index contributed by atoms with van der Waals surface area (Å²) in [5.41, 5.74) is 2.31. The molecule has 0 bridgehead atoms. The molecule has 2 unspecified atom stereocenters. The van der Waals surface area contributed by atoms with Crippen molar-refractivity contribution < 1.29 is 13.2 Å². The lowest BCUT2D eigenvalue weighted by Gasteiger charge is -2.20. The van der Waals surface area contributed by atoms with Crippen molar-refractivity contribution in [3.63, 3.8) is 0 Å². The summed E-state index contributed by atoms with van der Waals surface area (Å²) in [5.74, 6) is -0.532. The second-order valence-electron chi connectivity index (χ2n) is 6.55. The smallest absolute Gasteiger partial charge is 0.224 e. The quantitative estimate of drug-likeness (QED) is 0.840. The average molecular weight is 378 g/mol. The number of carbonyl (C=O) groups is 1. The van der Waals surface area contributed by atoms with Crippen molar-refractivity contribution in [2.24, 2.45) is 5.92 Å². The van der Waals surface area contributed by atoms with E-state index < -0.39 is 15.8 Å². The van der Waals surface area contributed by atoms with Gasteiger partial charge in [-0.15, -0.1) is 11.3 Å². The zero-order valence-electron chi connectivity index (χ0n) is 14.3. The lowest BCUT2D eigenvalue weighted by molar-refractivity contribution is -0.124. The van der Waals surface area contributed by atoms with Gasteiger partial charge in [0.2, 0.25) is 5.91 Å². The van der Waals surface area contributed by atoms with Gasteiger partial charge in [-0.05, 0) is 35.4 Å². The third-order valence-corrected chi connectivity index (χ3v) is 7.27. The summed E-state index contributed by atoms with van der Waals surface area (Å²) in [6.07, 6.45) is 2.55. The maximum atomic E-state index is 12.6. The van der Waals surface area contributed by atoms with Gasteiger partial charge in [0.1, 0.15) is 0 Å². The molecule has 2 aromatic rings. The van der Waals surface area contributed by atoms with Gasteiger partial charge >= 0.3 is 0 Å². The lowest BCUT2D eigenvalue weighted by atomic mass is 10.0. The van der Waals surface area contributed by atoms with Gasteiger partial charge < -0.3 is 5.32 Å². The van der Waals surface area contributed by atoms with Crippen LogP contribution < -0.4 is 5.32 Å². The fourth-order valence-electron chi connectivity index (χ4n) is 3.20. The van der Waals surface area contributed by atoms with Crippen LogP contribution in [-0.4, -0.2) is 25.8 Å². The van der Waals surface area contributed by atoms with Crippen molar-refractivity contribution >= 4 is 27.1 Å². The molecule has 1 aromatic heterocycles. The summed E-state index contributed by atoms with van der Waals surface area (Å²) in [6.45, 7) is 2.15. The Bertz CT molecular complexity index is 811. The molecule has 134 valence electrons. The standard InChI is InChI=1S/C19H23NO3S2/c1-2-4-14-6-8-15(9-7-14)18(17-5-3-11-24-17)20-19(21)16-10-12-25(22,23)13-16/h3,5-9,11,16,18H,2,4,10,12-13H2,1H3,(H,20,21). The van der Waals surface area contributed by atoms with E-state index in [4.69, 9.17) is 0 Å². The highest BCUT2D eigenvalue weighted by Gasteiger charge is 2.34. The Labute approximate surface area is 153 Å². The van der Waals surface area contributed by atoms with Crippen LogP contribution in [-0.2, 0) is 21.1 Å². The zero-order chi connectivity index (χ0) is 17.9. The third kappa shape index (κ3) is 4.50. The Morgan fingerprint density at radius 3 is 2.60 bits per heavy atom. The van der Waals surface area contributed by atoms with E-state index >= 15 is 0 Å². The fraction of sp³-hybridized carbons (Fsp3) is 0.421. The van der Waals surface area contributed by atoms with E-state index in [-0.39, 0.29) is 23.5 Å². The van der Waals surface area contributed by atoms with E-state index in [0.717, 1.165) is 23.3 Å². The van der Waals surface area contributed by atoms with Gasteiger partial charge in [-0.25, -0.2) is 8.42 Å². The third-order valence-electron chi connectivity index (χ3n) is 4.57. The molecular formula is C19H23NO3S2. The van der Waals surface area contributed by atoms with Crippen molar-refractivity contribution in [3.05, 3.63) is 57.8 Å². The van der Waals surface area contributed by atoms with Gasteiger partial charge in [-0.2, -0.15) is 0 Å². The molecule has 1 aliphatic rings. The summed E-state index contributed by atoms with van der Waals surface area (Å²) < 4.78 is 23.3. The Morgan fingerprint density at radius 2 is 2.04 bits per heavy atom. The molecule has 0 spiro atoms. The van der Waals surface area contributed by atoms with Crippen LogP contribution in [0.15, 0.2) is 41.8 Å². The van der Waals surface area contributed by atoms with Crippen LogP contribution in [0.2, 0.25) is 0 Å². The van der Waals surface area contributed by atoms with Crippen LogP contribution in [0.5, 0.6) is 0 Å². The van der Waals surface area contributed by atoms with E-state index in [2.05, 4.69) is 36.5 Å². The molecule has 1 aliphatic heterocycles.